The quantitative estimate of drug-likeness (QED) is 0.758. The number of benzene rings is 1. The van der Waals surface area contributed by atoms with Crippen molar-refractivity contribution in [2.45, 2.75) is 13.0 Å². The van der Waals surface area contributed by atoms with Crippen molar-refractivity contribution in [3.63, 3.8) is 0 Å². The molecule has 1 atom stereocenters. The van der Waals surface area contributed by atoms with Crippen LogP contribution in [0.25, 0.3) is 10.8 Å². The average Bonchev–Trinajstić information content (AvgIpc) is 3.01. The van der Waals surface area contributed by atoms with Gasteiger partial charge >= 0.3 is 0 Å². The molecule has 6 nitrogen and oxygen atoms in total. The third kappa shape index (κ3) is 2.23. The summed E-state index contributed by atoms with van der Waals surface area (Å²) >= 11 is 0. The summed E-state index contributed by atoms with van der Waals surface area (Å²) in [7, 11) is 0. The molecular weight excluding hydrogens is 254 g/mol. The molecule has 1 amide bonds. The molecule has 1 unspecified atom stereocenters. The summed E-state index contributed by atoms with van der Waals surface area (Å²) in [6, 6.07) is 9.28. The standard InChI is InChI=1S/C14H13N5O/c1-9(13-16-8-17-19-13)18-14(20)12-11-5-3-2-4-10(11)6-7-15-12/h2-9H,1H3,(H,18,20)(H,16,17,19). The molecular formula is C14H13N5O. The Bertz CT molecular complexity index is 733. The van der Waals surface area contributed by atoms with Crippen molar-refractivity contribution in [2.75, 3.05) is 0 Å². The Hall–Kier alpha value is -2.76. The zero-order chi connectivity index (χ0) is 13.9. The zero-order valence-corrected chi connectivity index (χ0v) is 10.9. The summed E-state index contributed by atoms with van der Waals surface area (Å²) in [6.45, 7) is 1.84. The lowest BCUT2D eigenvalue weighted by Gasteiger charge is -2.11. The Morgan fingerprint density at radius 2 is 2.10 bits per heavy atom. The summed E-state index contributed by atoms with van der Waals surface area (Å²) in [5.74, 6) is 0.379. The molecule has 0 bridgehead atoms. The van der Waals surface area contributed by atoms with E-state index in [1.807, 2.05) is 37.3 Å². The predicted molar refractivity (Wildman–Crippen MR) is 74.0 cm³/mol. The van der Waals surface area contributed by atoms with Crippen molar-refractivity contribution in [1.29, 1.82) is 0 Å². The number of pyridine rings is 1. The van der Waals surface area contributed by atoms with Crippen LogP contribution in [0, 0.1) is 0 Å². The maximum Gasteiger partial charge on any atom is 0.271 e. The van der Waals surface area contributed by atoms with Crippen LogP contribution >= 0.6 is 0 Å². The van der Waals surface area contributed by atoms with Gasteiger partial charge in [0.1, 0.15) is 17.8 Å². The number of fused-ring (bicyclic) bond motifs is 1. The van der Waals surface area contributed by atoms with E-state index in [1.54, 1.807) is 6.20 Å². The molecule has 0 aliphatic heterocycles. The summed E-state index contributed by atoms with van der Waals surface area (Å²) in [5.41, 5.74) is 0.412. The van der Waals surface area contributed by atoms with Crippen molar-refractivity contribution < 1.29 is 4.79 Å². The Kier molecular flexibility index (Phi) is 3.12. The van der Waals surface area contributed by atoms with Gasteiger partial charge in [-0.05, 0) is 18.4 Å². The Morgan fingerprint density at radius 1 is 1.25 bits per heavy atom. The van der Waals surface area contributed by atoms with Crippen molar-refractivity contribution in [3.05, 3.63) is 54.4 Å². The first kappa shape index (κ1) is 12.3. The van der Waals surface area contributed by atoms with E-state index in [1.165, 1.54) is 6.33 Å². The van der Waals surface area contributed by atoms with Crippen LogP contribution in [0.1, 0.15) is 29.3 Å². The SMILES string of the molecule is CC(NC(=O)c1nccc2ccccc12)c1ncn[nH]1. The fourth-order valence-corrected chi connectivity index (χ4v) is 2.06. The van der Waals surface area contributed by atoms with Crippen molar-refractivity contribution >= 4 is 16.7 Å². The number of H-pyrrole nitrogens is 1. The van der Waals surface area contributed by atoms with Gasteiger partial charge < -0.3 is 5.32 Å². The van der Waals surface area contributed by atoms with Crippen LogP contribution in [0.4, 0.5) is 0 Å². The van der Waals surface area contributed by atoms with Gasteiger partial charge in [0.2, 0.25) is 0 Å². The van der Waals surface area contributed by atoms with E-state index in [9.17, 15) is 4.79 Å². The van der Waals surface area contributed by atoms with E-state index in [4.69, 9.17) is 0 Å². The van der Waals surface area contributed by atoms with Crippen LogP contribution in [0.15, 0.2) is 42.9 Å². The van der Waals surface area contributed by atoms with Gasteiger partial charge in [-0.25, -0.2) is 4.98 Å². The van der Waals surface area contributed by atoms with Gasteiger partial charge in [0, 0.05) is 11.6 Å². The number of carbonyl (C=O) groups is 1. The highest BCUT2D eigenvalue weighted by Gasteiger charge is 2.16. The van der Waals surface area contributed by atoms with E-state index in [-0.39, 0.29) is 11.9 Å². The smallest absolute Gasteiger partial charge is 0.271 e. The topological polar surface area (TPSA) is 83.6 Å². The minimum absolute atomic E-state index is 0.231. The largest absolute Gasteiger partial charge is 0.341 e. The molecule has 100 valence electrons. The molecule has 2 aromatic heterocycles. The van der Waals surface area contributed by atoms with E-state index in [0.717, 1.165) is 10.8 Å². The molecule has 3 aromatic rings. The van der Waals surface area contributed by atoms with E-state index in [0.29, 0.717) is 11.5 Å². The molecule has 6 heteroatoms. The molecule has 0 aliphatic rings. The van der Waals surface area contributed by atoms with Crippen LogP contribution in [0.2, 0.25) is 0 Å². The van der Waals surface area contributed by atoms with Gasteiger partial charge in [-0.15, -0.1) is 0 Å². The second-order valence-corrected chi connectivity index (χ2v) is 4.45. The van der Waals surface area contributed by atoms with E-state index < -0.39 is 0 Å². The predicted octanol–water partition coefficient (Wildman–Crippen LogP) is 1.84. The van der Waals surface area contributed by atoms with Gasteiger partial charge in [0.15, 0.2) is 0 Å². The number of aromatic amines is 1. The van der Waals surface area contributed by atoms with E-state index >= 15 is 0 Å². The van der Waals surface area contributed by atoms with E-state index in [2.05, 4.69) is 25.5 Å². The fraction of sp³-hybridized carbons (Fsp3) is 0.143. The number of carbonyl (C=O) groups excluding carboxylic acids is 1. The minimum atomic E-state index is -0.259. The number of nitrogens with one attached hydrogen (secondary N) is 2. The molecule has 0 spiro atoms. The lowest BCUT2D eigenvalue weighted by atomic mass is 10.1. The first-order chi connectivity index (χ1) is 9.75. The highest BCUT2D eigenvalue weighted by atomic mass is 16.1. The average molecular weight is 267 g/mol. The Morgan fingerprint density at radius 3 is 2.90 bits per heavy atom. The third-order valence-corrected chi connectivity index (χ3v) is 3.08. The molecule has 2 heterocycles. The molecule has 0 saturated carbocycles. The normalized spacial score (nSPS) is 12.2. The number of nitrogens with zero attached hydrogens (tertiary/aromatic N) is 3. The van der Waals surface area contributed by atoms with Crippen LogP contribution < -0.4 is 5.32 Å². The zero-order valence-electron chi connectivity index (χ0n) is 10.9. The Labute approximate surface area is 115 Å². The number of rotatable bonds is 3. The van der Waals surface area contributed by atoms with Crippen molar-refractivity contribution in [2.24, 2.45) is 0 Å². The summed E-state index contributed by atoms with van der Waals surface area (Å²) in [6.07, 6.45) is 3.05. The molecule has 0 aliphatic carbocycles. The second-order valence-electron chi connectivity index (χ2n) is 4.45. The number of amides is 1. The van der Waals surface area contributed by atoms with Crippen molar-refractivity contribution in [3.8, 4) is 0 Å². The summed E-state index contributed by atoms with van der Waals surface area (Å²) < 4.78 is 0. The molecule has 0 saturated heterocycles. The van der Waals surface area contributed by atoms with Crippen LogP contribution in [-0.4, -0.2) is 26.1 Å². The van der Waals surface area contributed by atoms with Gasteiger partial charge in [-0.2, -0.15) is 5.10 Å². The maximum atomic E-state index is 12.3. The first-order valence-electron chi connectivity index (χ1n) is 6.25. The minimum Gasteiger partial charge on any atom is -0.341 e. The summed E-state index contributed by atoms with van der Waals surface area (Å²) in [5, 5.41) is 11.2. The van der Waals surface area contributed by atoms with Gasteiger partial charge in [0.25, 0.3) is 5.91 Å². The lowest BCUT2D eigenvalue weighted by molar-refractivity contribution is 0.0935. The second kappa shape index (κ2) is 5.08. The molecule has 1 aromatic carbocycles. The number of hydrogen-bond donors (Lipinski definition) is 2. The van der Waals surface area contributed by atoms with Gasteiger partial charge in [-0.1, -0.05) is 24.3 Å². The third-order valence-electron chi connectivity index (χ3n) is 3.08. The van der Waals surface area contributed by atoms with Crippen molar-refractivity contribution in [1.82, 2.24) is 25.5 Å². The molecule has 20 heavy (non-hydrogen) atoms. The van der Waals surface area contributed by atoms with Gasteiger partial charge in [0.05, 0.1) is 6.04 Å². The first-order valence-corrected chi connectivity index (χ1v) is 6.25. The monoisotopic (exact) mass is 267 g/mol. The molecule has 0 radical (unpaired) electrons. The fourth-order valence-electron chi connectivity index (χ4n) is 2.06. The van der Waals surface area contributed by atoms with Gasteiger partial charge in [-0.3, -0.25) is 14.9 Å². The van der Waals surface area contributed by atoms with Crippen LogP contribution in [0.3, 0.4) is 0 Å². The molecule has 0 fully saturated rings. The summed E-state index contributed by atoms with van der Waals surface area (Å²) in [4.78, 5) is 20.5. The lowest BCUT2D eigenvalue weighted by Crippen LogP contribution is -2.28. The Balaban J connectivity index is 1.89. The number of hydrogen-bond acceptors (Lipinski definition) is 4. The molecule has 3 rings (SSSR count). The molecule has 2 N–H and O–H groups in total. The highest BCUT2D eigenvalue weighted by Crippen LogP contribution is 2.17. The van der Waals surface area contributed by atoms with Crippen LogP contribution in [-0.2, 0) is 0 Å². The van der Waals surface area contributed by atoms with Crippen LogP contribution in [0.5, 0.6) is 0 Å². The highest BCUT2D eigenvalue weighted by molar-refractivity contribution is 6.05. The maximum absolute atomic E-state index is 12.3. The number of aromatic nitrogens is 4.